The van der Waals surface area contributed by atoms with Gasteiger partial charge < -0.3 is 14.8 Å². The zero-order valence-corrected chi connectivity index (χ0v) is 10.7. The largest absolute Gasteiger partial charge is 0.506 e. The van der Waals surface area contributed by atoms with Gasteiger partial charge in [-0.3, -0.25) is 4.79 Å². The lowest BCUT2D eigenvalue weighted by atomic mass is 10.2. The summed E-state index contributed by atoms with van der Waals surface area (Å²) in [5, 5.41) is 12.6. The van der Waals surface area contributed by atoms with Crippen LogP contribution in [0.1, 0.15) is 21.9 Å². The molecule has 4 nitrogen and oxygen atoms in total. The highest BCUT2D eigenvalue weighted by molar-refractivity contribution is 6.31. The summed E-state index contributed by atoms with van der Waals surface area (Å²) in [6.07, 6.45) is 0. The van der Waals surface area contributed by atoms with E-state index in [2.05, 4.69) is 5.32 Å². The minimum Gasteiger partial charge on any atom is -0.506 e. The summed E-state index contributed by atoms with van der Waals surface area (Å²) in [6, 6.07) is 6.09. The van der Waals surface area contributed by atoms with E-state index in [0.717, 1.165) is 0 Å². The average Bonchev–Trinajstić information content (AvgIpc) is 2.63. The Morgan fingerprint density at radius 2 is 2.06 bits per heavy atom. The number of aryl methyl sites for hydroxylation is 2. The number of phenolic OH excluding ortho intramolecular Hbond substituents is 1. The molecule has 0 radical (unpaired) electrons. The van der Waals surface area contributed by atoms with Crippen molar-refractivity contribution in [1.82, 2.24) is 0 Å². The van der Waals surface area contributed by atoms with Crippen molar-refractivity contribution >= 4 is 23.2 Å². The average molecular weight is 266 g/mol. The maximum Gasteiger partial charge on any atom is 0.259 e. The van der Waals surface area contributed by atoms with Gasteiger partial charge in [0, 0.05) is 5.02 Å². The minimum absolute atomic E-state index is 0.0365. The number of aromatic hydroxyl groups is 1. The van der Waals surface area contributed by atoms with E-state index in [0.29, 0.717) is 22.1 Å². The molecule has 0 fully saturated rings. The van der Waals surface area contributed by atoms with Crippen LogP contribution in [0, 0.1) is 13.8 Å². The monoisotopic (exact) mass is 265 g/mol. The van der Waals surface area contributed by atoms with Crippen molar-refractivity contribution in [2.45, 2.75) is 13.8 Å². The van der Waals surface area contributed by atoms with Crippen LogP contribution >= 0.6 is 11.6 Å². The highest BCUT2D eigenvalue weighted by atomic mass is 35.5. The fraction of sp³-hybridized carbons (Fsp3) is 0.154. The van der Waals surface area contributed by atoms with Crippen LogP contribution in [-0.4, -0.2) is 11.0 Å². The van der Waals surface area contributed by atoms with Gasteiger partial charge in [0.1, 0.15) is 17.3 Å². The molecular formula is C13H12ClNO3. The predicted molar refractivity (Wildman–Crippen MR) is 69.3 cm³/mol. The van der Waals surface area contributed by atoms with Crippen molar-refractivity contribution in [2.24, 2.45) is 0 Å². The van der Waals surface area contributed by atoms with Crippen molar-refractivity contribution in [3.8, 4) is 5.75 Å². The summed E-state index contributed by atoms with van der Waals surface area (Å²) < 4.78 is 5.28. The molecule has 2 rings (SSSR count). The molecule has 2 N–H and O–H groups in total. The Bertz CT molecular complexity index is 604. The number of carbonyl (C=O) groups is 1. The van der Waals surface area contributed by atoms with Crippen molar-refractivity contribution in [3.05, 3.63) is 46.4 Å². The summed E-state index contributed by atoms with van der Waals surface area (Å²) in [7, 11) is 0. The molecule has 0 unspecified atom stereocenters. The molecule has 94 valence electrons. The number of amides is 1. The molecule has 0 saturated heterocycles. The molecule has 0 aliphatic heterocycles. The first-order chi connectivity index (χ1) is 8.47. The van der Waals surface area contributed by atoms with Gasteiger partial charge in [0.25, 0.3) is 5.91 Å². The second kappa shape index (κ2) is 4.74. The van der Waals surface area contributed by atoms with Gasteiger partial charge in [0.15, 0.2) is 0 Å². The lowest BCUT2D eigenvalue weighted by Gasteiger charge is -2.06. The molecule has 18 heavy (non-hydrogen) atoms. The quantitative estimate of drug-likeness (QED) is 0.817. The van der Waals surface area contributed by atoms with Crippen LogP contribution in [0.3, 0.4) is 0 Å². The Hall–Kier alpha value is -1.94. The zero-order chi connectivity index (χ0) is 13.3. The maximum atomic E-state index is 12.0. The predicted octanol–water partition coefficient (Wildman–Crippen LogP) is 3.51. The molecular weight excluding hydrogens is 254 g/mol. The van der Waals surface area contributed by atoms with Crippen molar-refractivity contribution in [3.63, 3.8) is 0 Å². The molecule has 0 atom stereocenters. The first-order valence-electron chi connectivity index (χ1n) is 5.34. The first-order valence-corrected chi connectivity index (χ1v) is 5.72. The van der Waals surface area contributed by atoms with Crippen molar-refractivity contribution in [1.29, 1.82) is 0 Å². The van der Waals surface area contributed by atoms with Gasteiger partial charge >= 0.3 is 0 Å². The topological polar surface area (TPSA) is 62.5 Å². The highest BCUT2D eigenvalue weighted by Crippen LogP contribution is 2.27. The van der Waals surface area contributed by atoms with E-state index >= 15 is 0 Å². The van der Waals surface area contributed by atoms with Gasteiger partial charge in [-0.25, -0.2) is 0 Å². The van der Waals surface area contributed by atoms with Crippen LogP contribution in [0.4, 0.5) is 5.69 Å². The molecule has 0 spiro atoms. The Balaban J connectivity index is 2.26. The number of halogens is 1. The first kappa shape index (κ1) is 12.5. The van der Waals surface area contributed by atoms with Crippen LogP contribution in [0.5, 0.6) is 5.75 Å². The third kappa shape index (κ3) is 2.49. The van der Waals surface area contributed by atoms with Crippen LogP contribution in [-0.2, 0) is 0 Å². The summed E-state index contributed by atoms with van der Waals surface area (Å²) in [5.41, 5.74) is 0.706. The van der Waals surface area contributed by atoms with Gasteiger partial charge in [-0.1, -0.05) is 11.6 Å². The van der Waals surface area contributed by atoms with E-state index in [1.165, 1.54) is 12.1 Å². The fourth-order valence-electron chi connectivity index (χ4n) is 1.65. The smallest absolute Gasteiger partial charge is 0.259 e. The van der Waals surface area contributed by atoms with E-state index in [-0.39, 0.29) is 17.3 Å². The lowest BCUT2D eigenvalue weighted by Crippen LogP contribution is -2.12. The number of phenols is 1. The molecule has 1 aromatic heterocycles. The third-order valence-corrected chi connectivity index (χ3v) is 2.73. The zero-order valence-electron chi connectivity index (χ0n) is 9.95. The molecule has 5 heteroatoms. The normalized spacial score (nSPS) is 10.4. The number of hydrogen-bond donors (Lipinski definition) is 2. The number of benzene rings is 1. The number of carbonyl (C=O) groups excluding carboxylic acids is 1. The Kier molecular flexibility index (Phi) is 3.30. The van der Waals surface area contributed by atoms with Crippen molar-refractivity contribution < 1.29 is 14.3 Å². The van der Waals surface area contributed by atoms with E-state index < -0.39 is 0 Å². The second-order valence-electron chi connectivity index (χ2n) is 3.94. The van der Waals surface area contributed by atoms with Gasteiger partial charge in [-0.05, 0) is 38.1 Å². The molecule has 0 aliphatic rings. The van der Waals surface area contributed by atoms with Gasteiger partial charge in [-0.2, -0.15) is 0 Å². The standard InChI is InChI=1S/C13H12ClNO3/c1-7-5-10(8(2)18-7)13(17)15-11-6-9(14)3-4-12(11)16/h3-6,16H,1-2H3,(H,15,17). The summed E-state index contributed by atoms with van der Waals surface area (Å²) in [4.78, 5) is 12.0. The van der Waals surface area contributed by atoms with Crippen LogP contribution < -0.4 is 5.32 Å². The summed E-state index contributed by atoms with van der Waals surface area (Å²) in [6.45, 7) is 3.47. The SMILES string of the molecule is Cc1cc(C(=O)Nc2cc(Cl)ccc2O)c(C)o1. The molecule has 0 bridgehead atoms. The molecule has 1 heterocycles. The highest BCUT2D eigenvalue weighted by Gasteiger charge is 2.15. The number of furan rings is 1. The second-order valence-corrected chi connectivity index (χ2v) is 4.38. The van der Waals surface area contributed by atoms with E-state index in [1.54, 1.807) is 26.0 Å². The fourth-order valence-corrected chi connectivity index (χ4v) is 1.83. The Labute approximate surface area is 109 Å². The molecule has 0 saturated carbocycles. The van der Waals surface area contributed by atoms with Gasteiger partial charge in [-0.15, -0.1) is 0 Å². The molecule has 2 aromatic rings. The molecule has 1 amide bonds. The van der Waals surface area contributed by atoms with E-state index in [4.69, 9.17) is 16.0 Å². The summed E-state index contributed by atoms with van der Waals surface area (Å²) in [5.74, 6) is 0.812. The lowest BCUT2D eigenvalue weighted by molar-refractivity contribution is 0.102. The molecule has 0 aliphatic carbocycles. The van der Waals surface area contributed by atoms with Crippen LogP contribution in [0.15, 0.2) is 28.7 Å². The van der Waals surface area contributed by atoms with Crippen LogP contribution in [0.25, 0.3) is 0 Å². The third-order valence-electron chi connectivity index (χ3n) is 2.49. The van der Waals surface area contributed by atoms with E-state index in [1.807, 2.05) is 0 Å². The number of nitrogens with one attached hydrogen (secondary N) is 1. The van der Waals surface area contributed by atoms with Crippen LogP contribution in [0.2, 0.25) is 5.02 Å². The van der Waals surface area contributed by atoms with Gasteiger partial charge in [0.05, 0.1) is 11.3 Å². The minimum atomic E-state index is -0.345. The molecule has 1 aromatic carbocycles. The number of hydrogen-bond acceptors (Lipinski definition) is 3. The summed E-state index contributed by atoms with van der Waals surface area (Å²) >= 11 is 5.80. The van der Waals surface area contributed by atoms with Crippen molar-refractivity contribution in [2.75, 3.05) is 5.32 Å². The Morgan fingerprint density at radius 3 is 2.67 bits per heavy atom. The number of anilines is 1. The Morgan fingerprint density at radius 1 is 1.33 bits per heavy atom. The van der Waals surface area contributed by atoms with E-state index in [9.17, 15) is 9.90 Å². The van der Waals surface area contributed by atoms with Gasteiger partial charge in [0.2, 0.25) is 0 Å². The number of rotatable bonds is 2. The maximum absolute atomic E-state index is 12.0.